The van der Waals surface area contributed by atoms with Crippen LogP contribution in [0.3, 0.4) is 0 Å². The number of nitro benzene ring substituents is 1. The van der Waals surface area contributed by atoms with E-state index in [0.717, 1.165) is 5.56 Å². The van der Waals surface area contributed by atoms with Crippen molar-refractivity contribution in [1.29, 1.82) is 0 Å². The Balaban J connectivity index is 2.02. The van der Waals surface area contributed by atoms with Crippen LogP contribution in [-0.4, -0.2) is 26.2 Å². The van der Waals surface area contributed by atoms with E-state index in [2.05, 4.69) is 4.98 Å². The zero-order valence-electron chi connectivity index (χ0n) is 14.2. The number of hydrogen-bond acceptors (Lipinski definition) is 5. The van der Waals surface area contributed by atoms with Gasteiger partial charge in [-0.1, -0.05) is 30.3 Å². The Morgan fingerprint density at radius 2 is 1.93 bits per heavy atom. The highest BCUT2D eigenvalue weighted by Crippen LogP contribution is 2.33. The molecule has 0 saturated heterocycles. The van der Waals surface area contributed by atoms with Crippen LogP contribution < -0.4 is 5.73 Å². The van der Waals surface area contributed by atoms with Crippen molar-refractivity contribution in [2.75, 3.05) is 0 Å². The molecule has 0 spiro atoms. The molecular formula is C19H16N4O4. The number of nitrogens with two attached hydrogens (primary N) is 1. The number of nitrogens with zero attached hydrogens (tertiary/aromatic N) is 3. The van der Waals surface area contributed by atoms with Gasteiger partial charge in [0.05, 0.1) is 16.8 Å². The molecule has 0 fully saturated rings. The first-order valence-electron chi connectivity index (χ1n) is 8.09. The maximum absolute atomic E-state index is 11.7. The van der Waals surface area contributed by atoms with Crippen LogP contribution in [0, 0.1) is 10.1 Å². The summed E-state index contributed by atoms with van der Waals surface area (Å²) in [6, 6.07) is 11.7. The molecule has 2 N–H and O–H groups in total. The van der Waals surface area contributed by atoms with Crippen molar-refractivity contribution < 1.29 is 14.5 Å². The van der Waals surface area contributed by atoms with Gasteiger partial charge in [0, 0.05) is 31.4 Å². The zero-order valence-corrected chi connectivity index (χ0v) is 14.2. The molecule has 1 heterocycles. The monoisotopic (exact) mass is 364 g/mol. The van der Waals surface area contributed by atoms with Crippen molar-refractivity contribution in [3.8, 4) is 11.1 Å². The van der Waals surface area contributed by atoms with Crippen molar-refractivity contribution in [2.24, 2.45) is 5.73 Å². The highest BCUT2D eigenvalue weighted by molar-refractivity contribution is 6.36. The van der Waals surface area contributed by atoms with E-state index in [9.17, 15) is 19.7 Å². The van der Waals surface area contributed by atoms with E-state index in [4.69, 9.17) is 5.73 Å². The Morgan fingerprint density at radius 1 is 1.15 bits per heavy atom. The topological polar surface area (TPSA) is 121 Å². The van der Waals surface area contributed by atoms with Gasteiger partial charge >= 0.3 is 0 Å². The first kappa shape index (κ1) is 18.0. The smallest absolute Gasteiger partial charge is 0.285 e. The molecule has 0 aliphatic carbocycles. The first-order valence-corrected chi connectivity index (χ1v) is 8.09. The fourth-order valence-corrected chi connectivity index (χ4v) is 2.84. The van der Waals surface area contributed by atoms with Crippen molar-refractivity contribution in [2.45, 2.75) is 13.0 Å². The normalized spacial score (nSPS) is 10.5. The summed E-state index contributed by atoms with van der Waals surface area (Å²) in [4.78, 5) is 37.9. The van der Waals surface area contributed by atoms with Crippen molar-refractivity contribution in [1.82, 2.24) is 9.55 Å². The minimum Gasteiger partial charge on any atom is -0.363 e. The lowest BCUT2D eigenvalue weighted by Gasteiger charge is -2.11. The van der Waals surface area contributed by atoms with Crippen LogP contribution >= 0.6 is 0 Å². The third kappa shape index (κ3) is 4.06. The minimum absolute atomic E-state index is 0.0772. The van der Waals surface area contributed by atoms with Gasteiger partial charge in [-0.05, 0) is 22.8 Å². The van der Waals surface area contributed by atoms with E-state index in [1.54, 1.807) is 59.7 Å². The number of aromatic nitrogens is 2. The molecule has 0 bridgehead atoms. The number of ketones is 1. The SMILES string of the molecule is NC(=O)C(=O)Cc1ccccc1-c1ccc(Cn2ccnc2)cc1[N+](=O)[O-]. The second kappa shape index (κ2) is 7.61. The van der Waals surface area contributed by atoms with Gasteiger partial charge in [0.1, 0.15) is 0 Å². The maximum Gasteiger partial charge on any atom is 0.285 e. The molecule has 27 heavy (non-hydrogen) atoms. The summed E-state index contributed by atoms with van der Waals surface area (Å²) in [7, 11) is 0. The van der Waals surface area contributed by atoms with Crippen LogP contribution in [0.2, 0.25) is 0 Å². The molecule has 0 aliphatic rings. The van der Waals surface area contributed by atoms with E-state index < -0.39 is 16.6 Å². The molecular weight excluding hydrogens is 348 g/mol. The predicted octanol–water partition coefficient (Wildman–Crippen LogP) is 2.10. The van der Waals surface area contributed by atoms with Crippen LogP contribution in [0.5, 0.6) is 0 Å². The summed E-state index contributed by atoms with van der Waals surface area (Å²) in [5.74, 6) is -1.78. The van der Waals surface area contributed by atoms with Gasteiger partial charge in [0.2, 0.25) is 5.78 Å². The van der Waals surface area contributed by atoms with E-state index in [1.807, 2.05) is 0 Å². The van der Waals surface area contributed by atoms with Crippen LogP contribution in [0.4, 0.5) is 5.69 Å². The number of imidazole rings is 1. The first-order chi connectivity index (χ1) is 13.0. The standard InChI is InChI=1S/C19H16N4O4/c20-19(25)18(24)10-14-3-1-2-4-15(14)16-6-5-13(9-17(16)23(26)27)11-22-8-7-21-12-22/h1-9,12H,10-11H2,(H2,20,25). The molecule has 8 heteroatoms. The third-order valence-corrected chi connectivity index (χ3v) is 4.12. The van der Waals surface area contributed by atoms with Crippen LogP contribution in [-0.2, 0) is 22.6 Å². The lowest BCUT2D eigenvalue weighted by atomic mass is 9.94. The van der Waals surface area contributed by atoms with Crippen LogP contribution in [0.1, 0.15) is 11.1 Å². The molecule has 0 unspecified atom stereocenters. The summed E-state index contributed by atoms with van der Waals surface area (Å²) < 4.78 is 1.80. The number of rotatable bonds is 7. The summed E-state index contributed by atoms with van der Waals surface area (Å²) in [6.07, 6.45) is 4.82. The van der Waals surface area contributed by atoms with Gasteiger partial charge in [-0.15, -0.1) is 0 Å². The van der Waals surface area contributed by atoms with Crippen molar-refractivity contribution in [3.63, 3.8) is 0 Å². The average molecular weight is 364 g/mol. The summed E-state index contributed by atoms with van der Waals surface area (Å²) in [5.41, 5.74) is 7.10. The predicted molar refractivity (Wildman–Crippen MR) is 97.8 cm³/mol. The summed E-state index contributed by atoms with van der Waals surface area (Å²) in [5, 5.41) is 11.6. The van der Waals surface area contributed by atoms with Crippen molar-refractivity contribution >= 4 is 17.4 Å². The number of Topliss-reactive ketones (excluding diaryl/α,β-unsaturated/α-hetero) is 1. The second-order valence-electron chi connectivity index (χ2n) is 5.96. The molecule has 3 rings (SSSR count). The Morgan fingerprint density at radius 3 is 2.59 bits per heavy atom. The number of nitro groups is 1. The molecule has 0 saturated carbocycles. The molecule has 1 amide bonds. The number of carbonyl (C=O) groups excluding carboxylic acids is 2. The summed E-state index contributed by atoms with van der Waals surface area (Å²) >= 11 is 0. The molecule has 3 aromatic rings. The van der Waals surface area contributed by atoms with Gasteiger partial charge in [-0.3, -0.25) is 19.7 Å². The number of benzene rings is 2. The van der Waals surface area contributed by atoms with Gasteiger partial charge in [-0.2, -0.15) is 0 Å². The number of amides is 1. The van der Waals surface area contributed by atoms with Gasteiger partial charge in [-0.25, -0.2) is 4.98 Å². The van der Waals surface area contributed by atoms with E-state index in [0.29, 0.717) is 23.2 Å². The van der Waals surface area contributed by atoms with Gasteiger partial charge in [0.15, 0.2) is 0 Å². The van der Waals surface area contributed by atoms with Crippen molar-refractivity contribution in [3.05, 3.63) is 82.4 Å². The van der Waals surface area contributed by atoms with Gasteiger partial charge < -0.3 is 10.3 Å². The Bertz CT molecular complexity index is 1010. The Labute approximate surface area is 154 Å². The number of carbonyl (C=O) groups is 2. The molecule has 136 valence electrons. The lowest BCUT2D eigenvalue weighted by Crippen LogP contribution is -2.24. The third-order valence-electron chi connectivity index (χ3n) is 4.12. The maximum atomic E-state index is 11.7. The van der Waals surface area contributed by atoms with Crippen LogP contribution in [0.25, 0.3) is 11.1 Å². The number of hydrogen-bond donors (Lipinski definition) is 1. The Hall–Kier alpha value is -3.81. The highest BCUT2D eigenvalue weighted by Gasteiger charge is 2.20. The fraction of sp³-hybridized carbons (Fsp3) is 0.105. The molecule has 2 aromatic carbocycles. The molecule has 8 nitrogen and oxygen atoms in total. The minimum atomic E-state index is -1.03. The largest absolute Gasteiger partial charge is 0.363 e. The lowest BCUT2D eigenvalue weighted by molar-refractivity contribution is -0.384. The molecule has 1 aromatic heterocycles. The average Bonchev–Trinajstić information content (AvgIpc) is 3.15. The van der Waals surface area contributed by atoms with Gasteiger partial charge in [0.25, 0.3) is 11.6 Å². The van der Waals surface area contributed by atoms with E-state index in [-0.39, 0.29) is 12.1 Å². The quantitative estimate of drug-likeness (QED) is 0.391. The molecule has 0 atom stereocenters. The molecule has 0 radical (unpaired) electrons. The second-order valence-corrected chi connectivity index (χ2v) is 5.96. The Kier molecular flexibility index (Phi) is 5.07. The highest BCUT2D eigenvalue weighted by atomic mass is 16.6. The zero-order chi connectivity index (χ0) is 19.4. The molecule has 0 aliphatic heterocycles. The fourth-order valence-electron chi connectivity index (χ4n) is 2.84. The van der Waals surface area contributed by atoms with E-state index >= 15 is 0 Å². The van der Waals surface area contributed by atoms with E-state index in [1.165, 1.54) is 6.07 Å². The summed E-state index contributed by atoms with van der Waals surface area (Å²) in [6.45, 7) is 0.447. The number of primary amides is 1. The van der Waals surface area contributed by atoms with Crippen LogP contribution in [0.15, 0.2) is 61.2 Å².